The lowest BCUT2D eigenvalue weighted by molar-refractivity contribution is -0.116. The van der Waals surface area contributed by atoms with Crippen molar-refractivity contribution in [2.75, 3.05) is 11.1 Å². The van der Waals surface area contributed by atoms with Gasteiger partial charge in [0.25, 0.3) is 0 Å². The number of hydrogen-bond acceptors (Lipinski definition) is 3. The van der Waals surface area contributed by atoms with Crippen LogP contribution >= 0.6 is 11.8 Å². The van der Waals surface area contributed by atoms with E-state index in [4.69, 9.17) is 0 Å². The van der Waals surface area contributed by atoms with E-state index in [1.54, 1.807) is 22.6 Å². The fraction of sp³-hybridized carbons (Fsp3) is 0.286. The van der Waals surface area contributed by atoms with Crippen molar-refractivity contribution in [3.63, 3.8) is 0 Å². The third-order valence-corrected chi connectivity index (χ3v) is 3.68. The standard InChI is InChI=1S/C14H15F2N3OS/c1-19-9-13(8-17-19)21-4-2-3-14(20)18-12-6-10(15)5-11(16)7-12/h5-9H,2-4H2,1H3,(H,18,20). The summed E-state index contributed by atoms with van der Waals surface area (Å²) in [7, 11) is 1.84. The first-order valence-corrected chi connectivity index (χ1v) is 7.39. The van der Waals surface area contributed by atoms with Crippen LogP contribution in [-0.2, 0) is 11.8 Å². The topological polar surface area (TPSA) is 46.9 Å². The lowest BCUT2D eigenvalue weighted by atomic mass is 10.2. The second kappa shape index (κ2) is 7.21. The van der Waals surface area contributed by atoms with E-state index in [0.717, 1.165) is 28.8 Å². The molecule has 1 heterocycles. The molecule has 0 aliphatic rings. The van der Waals surface area contributed by atoms with E-state index >= 15 is 0 Å². The van der Waals surface area contributed by atoms with Crippen LogP contribution in [0.25, 0.3) is 0 Å². The first-order valence-electron chi connectivity index (χ1n) is 6.40. The summed E-state index contributed by atoms with van der Waals surface area (Å²) in [6, 6.07) is 2.94. The van der Waals surface area contributed by atoms with Crippen molar-refractivity contribution >= 4 is 23.4 Å². The molecule has 4 nitrogen and oxygen atoms in total. The molecule has 1 aromatic carbocycles. The van der Waals surface area contributed by atoms with Crippen molar-refractivity contribution in [3.8, 4) is 0 Å². The minimum Gasteiger partial charge on any atom is -0.326 e. The molecule has 0 radical (unpaired) electrons. The fourth-order valence-corrected chi connectivity index (χ4v) is 2.62. The van der Waals surface area contributed by atoms with Gasteiger partial charge in [-0.2, -0.15) is 5.10 Å². The lowest BCUT2D eigenvalue weighted by Crippen LogP contribution is -2.11. The third-order valence-electron chi connectivity index (χ3n) is 2.64. The van der Waals surface area contributed by atoms with E-state index in [2.05, 4.69) is 10.4 Å². The SMILES string of the molecule is Cn1cc(SCCCC(=O)Nc2cc(F)cc(F)c2)cn1. The van der Waals surface area contributed by atoms with E-state index in [1.165, 1.54) is 0 Å². The molecule has 1 N–H and O–H groups in total. The number of halogens is 2. The number of anilines is 1. The number of amides is 1. The number of aromatic nitrogens is 2. The molecular formula is C14H15F2N3OS. The summed E-state index contributed by atoms with van der Waals surface area (Å²) < 4.78 is 27.7. The Labute approximate surface area is 125 Å². The van der Waals surface area contributed by atoms with Crippen LogP contribution in [0.1, 0.15) is 12.8 Å². The van der Waals surface area contributed by atoms with Crippen molar-refractivity contribution in [1.82, 2.24) is 9.78 Å². The highest BCUT2D eigenvalue weighted by molar-refractivity contribution is 7.99. The van der Waals surface area contributed by atoms with Crippen molar-refractivity contribution < 1.29 is 13.6 Å². The number of nitrogens with zero attached hydrogens (tertiary/aromatic N) is 2. The Morgan fingerprint density at radius 1 is 1.33 bits per heavy atom. The van der Waals surface area contributed by atoms with Crippen LogP contribution in [0.4, 0.5) is 14.5 Å². The first kappa shape index (κ1) is 15.5. The minimum atomic E-state index is -0.711. The molecule has 0 bridgehead atoms. The molecule has 0 aliphatic carbocycles. The Morgan fingerprint density at radius 3 is 2.67 bits per heavy atom. The van der Waals surface area contributed by atoms with Crippen LogP contribution in [0.5, 0.6) is 0 Å². The number of benzene rings is 1. The molecule has 112 valence electrons. The quantitative estimate of drug-likeness (QED) is 0.658. The summed E-state index contributed by atoms with van der Waals surface area (Å²) in [4.78, 5) is 12.7. The van der Waals surface area contributed by atoms with Crippen molar-refractivity contribution in [2.24, 2.45) is 7.05 Å². The molecule has 0 saturated heterocycles. The zero-order valence-electron chi connectivity index (χ0n) is 11.5. The van der Waals surface area contributed by atoms with Crippen LogP contribution in [0, 0.1) is 11.6 Å². The largest absolute Gasteiger partial charge is 0.326 e. The number of carbonyl (C=O) groups excluding carboxylic acids is 1. The van der Waals surface area contributed by atoms with Gasteiger partial charge in [0.2, 0.25) is 5.91 Å². The molecule has 7 heteroatoms. The van der Waals surface area contributed by atoms with E-state index in [-0.39, 0.29) is 11.6 Å². The van der Waals surface area contributed by atoms with Crippen molar-refractivity contribution in [2.45, 2.75) is 17.7 Å². The number of rotatable bonds is 6. The molecule has 0 spiro atoms. The van der Waals surface area contributed by atoms with Gasteiger partial charge in [0, 0.05) is 36.3 Å². The summed E-state index contributed by atoms with van der Waals surface area (Å²) in [5.41, 5.74) is 0.136. The second-order valence-electron chi connectivity index (χ2n) is 4.51. The number of nitrogens with one attached hydrogen (secondary N) is 1. The van der Waals surface area contributed by atoms with Gasteiger partial charge in [0.15, 0.2) is 0 Å². The molecule has 0 saturated carbocycles. The smallest absolute Gasteiger partial charge is 0.224 e. The monoisotopic (exact) mass is 311 g/mol. The Kier molecular flexibility index (Phi) is 5.32. The van der Waals surface area contributed by atoms with E-state index in [9.17, 15) is 13.6 Å². The van der Waals surface area contributed by atoms with Crippen LogP contribution in [0.2, 0.25) is 0 Å². The van der Waals surface area contributed by atoms with Gasteiger partial charge in [0.1, 0.15) is 11.6 Å². The normalized spacial score (nSPS) is 10.6. The van der Waals surface area contributed by atoms with Gasteiger partial charge in [-0.1, -0.05) is 0 Å². The number of hydrogen-bond donors (Lipinski definition) is 1. The molecule has 0 fully saturated rings. The van der Waals surface area contributed by atoms with Crippen LogP contribution in [-0.4, -0.2) is 21.4 Å². The van der Waals surface area contributed by atoms with E-state index in [1.807, 2.05) is 13.2 Å². The molecule has 0 unspecified atom stereocenters. The number of thioether (sulfide) groups is 1. The highest BCUT2D eigenvalue weighted by Crippen LogP contribution is 2.18. The predicted molar refractivity (Wildman–Crippen MR) is 78.2 cm³/mol. The van der Waals surface area contributed by atoms with Gasteiger partial charge in [0.05, 0.1) is 6.20 Å². The molecule has 2 rings (SSSR count). The Balaban J connectivity index is 1.72. The second-order valence-corrected chi connectivity index (χ2v) is 5.68. The highest BCUT2D eigenvalue weighted by atomic mass is 32.2. The summed E-state index contributed by atoms with van der Waals surface area (Å²) in [5.74, 6) is -0.905. The zero-order chi connectivity index (χ0) is 15.2. The van der Waals surface area contributed by atoms with Gasteiger partial charge < -0.3 is 5.32 Å². The summed E-state index contributed by atoms with van der Waals surface area (Å²) in [6.45, 7) is 0. The molecule has 2 aromatic rings. The van der Waals surface area contributed by atoms with Crippen LogP contribution in [0.15, 0.2) is 35.5 Å². The predicted octanol–water partition coefficient (Wildman–Crippen LogP) is 3.21. The van der Waals surface area contributed by atoms with Crippen LogP contribution in [0.3, 0.4) is 0 Å². The summed E-state index contributed by atoms with van der Waals surface area (Å²) in [5, 5.41) is 6.53. The van der Waals surface area contributed by atoms with E-state index in [0.29, 0.717) is 12.8 Å². The molecule has 0 atom stereocenters. The molecular weight excluding hydrogens is 296 g/mol. The van der Waals surface area contributed by atoms with Gasteiger partial charge in [-0.05, 0) is 24.3 Å². The maximum absolute atomic E-state index is 13.0. The van der Waals surface area contributed by atoms with Gasteiger partial charge in [-0.3, -0.25) is 9.48 Å². The third kappa shape index (κ3) is 5.18. The maximum atomic E-state index is 13.0. The number of aryl methyl sites for hydroxylation is 1. The fourth-order valence-electron chi connectivity index (χ4n) is 1.75. The van der Waals surface area contributed by atoms with Gasteiger partial charge in [-0.15, -0.1) is 11.8 Å². The Bertz CT molecular complexity index is 610. The maximum Gasteiger partial charge on any atom is 0.224 e. The average Bonchev–Trinajstić information content (AvgIpc) is 2.79. The summed E-state index contributed by atoms with van der Waals surface area (Å²) >= 11 is 1.61. The zero-order valence-corrected chi connectivity index (χ0v) is 12.3. The van der Waals surface area contributed by atoms with Crippen molar-refractivity contribution in [3.05, 3.63) is 42.2 Å². The molecule has 21 heavy (non-hydrogen) atoms. The Hall–Kier alpha value is -1.89. The number of carbonyl (C=O) groups is 1. The highest BCUT2D eigenvalue weighted by Gasteiger charge is 2.06. The molecule has 0 aliphatic heterocycles. The minimum absolute atomic E-state index is 0.136. The average molecular weight is 311 g/mol. The van der Waals surface area contributed by atoms with Gasteiger partial charge >= 0.3 is 0 Å². The summed E-state index contributed by atoms with van der Waals surface area (Å²) in [6.07, 6.45) is 4.63. The molecule has 1 amide bonds. The van der Waals surface area contributed by atoms with Crippen molar-refractivity contribution in [1.29, 1.82) is 0 Å². The first-order chi connectivity index (χ1) is 10.0. The Morgan fingerprint density at radius 2 is 2.05 bits per heavy atom. The van der Waals surface area contributed by atoms with E-state index < -0.39 is 11.6 Å². The van der Waals surface area contributed by atoms with Gasteiger partial charge in [-0.25, -0.2) is 8.78 Å². The molecule has 1 aromatic heterocycles. The lowest BCUT2D eigenvalue weighted by Gasteiger charge is -2.05. The van der Waals surface area contributed by atoms with Crippen LogP contribution < -0.4 is 5.32 Å².